The van der Waals surface area contributed by atoms with Crippen molar-refractivity contribution in [2.24, 2.45) is 0 Å². The van der Waals surface area contributed by atoms with Gasteiger partial charge in [-0.3, -0.25) is 9.80 Å². The van der Waals surface area contributed by atoms with Gasteiger partial charge in [0, 0.05) is 50.9 Å². The van der Waals surface area contributed by atoms with Crippen molar-refractivity contribution in [2.75, 3.05) is 47.5 Å². The number of hydrogen-bond donors (Lipinski definition) is 2. The molecule has 0 saturated carbocycles. The van der Waals surface area contributed by atoms with Crippen molar-refractivity contribution in [2.45, 2.75) is 26.4 Å². The number of carbonyl (C=O) groups is 2. The fraction of sp³-hybridized carbons (Fsp3) is 0.440. The maximum absolute atomic E-state index is 9.10. The van der Waals surface area contributed by atoms with Crippen LogP contribution in [0.25, 0.3) is 0 Å². The highest BCUT2D eigenvalue weighted by molar-refractivity contribution is 6.27. The summed E-state index contributed by atoms with van der Waals surface area (Å²) in [5, 5.41) is 14.8. The van der Waals surface area contributed by atoms with Crippen LogP contribution in [0.1, 0.15) is 23.6 Å². The summed E-state index contributed by atoms with van der Waals surface area (Å²) in [4.78, 5) is 23.2. The number of rotatable bonds is 8. The molecule has 0 aromatic heterocycles. The number of benzene rings is 2. The topological polar surface area (TPSA) is 109 Å². The van der Waals surface area contributed by atoms with E-state index < -0.39 is 11.9 Å². The zero-order chi connectivity index (χ0) is 25.1. The molecule has 2 N–H and O–H groups in total. The highest BCUT2D eigenvalue weighted by Gasteiger charge is 2.20. The van der Waals surface area contributed by atoms with Crippen molar-refractivity contribution >= 4 is 11.9 Å². The minimum absolute atomic E-state index is 0.696. The van der Waals surface area contributed by atoms with E-state index in [1.54, 1.807) is 21.3 Å². The number of nitrogens with zero attached hydrogens (tertiary/aromatic N) is 2. The second-order valence-electron chi connectivity index (χ2n) is 7.85. The monoisotopic (exact) mass is 474 g/mol. The van der Waals surface area contributed by atoms with Crippen LogP contribution < -0.4 is 14.2 Å². The van der Waals surface area contributed by atoms with Crippen molar-refractivity contribution in [1.29, 1.82) is 0 Å². The van der Waals surface area contributed by atoms with Crippen molar-refractivity contribution in [3.8, 4) is 17.2 Å². The molecule has 0 amide bonds. The largest absolute Gasteiger partial charge is 0.496 e. The van der Waals surface area contributed by atoms with Gasteiger partial charge in [-0.25, -0.2) is 9.59 Å². The number of carboxylic acids is 2. The van der Waals surface area contributed by atoms with Gasteiger partial charge in [0.1, 0.15) is 5.75 Å². The predicted octanol–water partition coefficient (Wildman–Crippen LogP) is 2.75. The first-order valence-electron chi connectivity index (χ1n) is 11.1. The lowest BCUT2D eigenvalue weighted by Gasteiger charge is -2.35. The van der Waals surface area contributed by atoms with E-state index in [0.29, 0.717) is 5.75 Å². The summed E-state index contributed by atoms with van der Waals surface area (Å²) >= 11 is 0. The summed E-state index contributed by atoms with van der Waals surface area (Å²) in [6.45, 7) is 8.31. The Hall–Kier alpha value is -3.30. The SMILES string of the molecule is CCc1ccc(CN2CCN(Cc3cc(OC)c(OC)cc3OC)CC2)cc1.O=C(O)C(=O)O. The summed E-state index contributed by atoms with van der Waals surface area (Å²) in [5.41, 5.74) is 3.92. The van der Waals surface area contributed by atoms with Gasteiger partial charge in [0.05, 0.1) is 21.3 Å². The minimum atomic E-state index is -1.82. The number of hydrogen-bond acceptors (Lipinski definition) is 7. The van der Waals surface area contributed by atoms with Crippen molar-refractivity contribution in [3.05, 3.63) is 53.1 Å². The smallest absolute Gasteiger partial charge is 0.414 e. The number of carboxylic acid groups (broad SMARTS) is 2. The van der Waals surface area contributed by atoms with E-state index in [2.05, 4.69) is 41.0 Å². The molecule has 0 unspecified atom stereocenters. The molecule has 0 aliphatic carbocycles. The Morgan fingerprint density at radius 3 is 1.62 bits per heavy atom. The lowest BCUT2D eigenvalue weighted by molar-refractivity contribution is -0.159. The number of aliphatic carboxylic acids is 2. The van der Waals surface area contributed by atoms with Crippen LogP contribution in [0.5, 0.6) is 17.2 Å². The Balaban J connectivity index is 0.000000604. The molecule has 34 heavy (non-hydrogen) atoms. The molecule has 0 radical (unpaired) electrons. The Kier molecular flexibility index (Phi) is 10.6. The quantitative estimate of drug-likeness (QED) is 0.558. The fourth-order valence-corrected chi connectivity index (χ4v) is 3.70. The summed E-state index contributed by atoms with van der Waals surface area (Å²) in [5.74, 6) is -1.37. The molecule has 1 fully saturated rings. The second kappa shape index (κ2) is 13.4. The van der Waals surface area contributed by atoms with Gasteiger partial charge in [-0.1, -0.05) is 31.2 Å². The third-order valence-electron chi connectivity index (χ3n) is 5.67. The minimum Gasteiger partial charge on any atom is -0.496 e. The number of piperazine rings is 1. The zero-order valence-corrected chi connectivity index (χ0v) is 20.2. The van der Waals surface area contributed by atoms with Crippen molar-refractivity contribution < 1.29 is 34.0 Å². The number of methoxy groups -OCH3 is 3. The van der Waals surface area contributed by atoms with E-state index in [1.807, 2.05) is 12.1 Å². The molecule has 9 nitrogen and oxygen atoms in total. The average molecular weight is 475 g/mol. The van der Waals surface area contributed by atoms with Crippen LogP contribution in [-0.2, 0) is 29.1 Å². The van der Waals surface area contributed by atoms with E-state index in [0.717, 1.165) is 62.8 Å². The Labute approximate surface area is 200 Å². The Bertz CT molecular complexity index is 927. The van der Waals surface area contributed by atoms with Crippen LogP contribution in [0.2, 0.25) is 0 Å². The summed E-state index contributed by atoms with van der Waals surface area (Å²) in [6.07, 6.45) is 1.10. The van der Waals surface area contributed by atoms with Crippen LogP contribution in [0.15, 0.2) is 36.4 Å². The molecular formula is C25H34N2O7. The van der Waals surface area contributed by atoms with Crippen LogP contribution >= 0.6 is 0 Å². The van der Waals surface area contributed by atoms with Crippen molar-refractivity contribution in [1.82, 2.24) is 9.80 Å². The molecule has 0 atom stereocenters. The Morgan fingerprint density at radius 1 is 0.735 bits per heavy atom. The van der Waals surface area contributed by atoms with E-state index in [-0.39, 0.29) is 0 Å². The highest BCUT2D eigenvalue weighted by Crippen LogP contribution is 2.35. The summed E-state index contributed by atoms with van der Waals surface area (Å²) in [6, 6.07) is 13.0. The number of aryl methyl sites for hydroxylation is 1. The Morgan fingerprint density at radius 2 is 1.18 bits per heavy atom. The normalized spacial score (nSPS) is 14.0. The molecule has 2 aromatic rings. The van der Waals surface area contributed by atoms with E-state index in [1.165, 1.54) is 11.1 Å². The lowest BCUT2D eigenvalue weighted by atomic mass is 10.1. The molecule has 2 aromatic carbocycles. The maximum atomic E-state index is 9.10. The van der Waals surface area contributed by atoms with Gasteiger partial charge >= 0.3 is 11.9 Å². The van der Waals surface area contributed by atoms with Gasteiger partial charge in [-0.15, -0.1) is 0 Å². The molecule has 1 saturated heterocycles. The molecule has 1 aliphatic rings. The molecule has 9 heteroatoms. The third-order valence-corrected chi connectivity index (χ3v) is 5.67. The van der Waals surface area contributed by atoms with E-state index >= 15 is 0 Å². The standard InChI is InChI=1S/C23H32N2O3.C2H2O4/c1-5-18-6-8-19(9-7-18)16-24-10-12-25(13-11-24)17-20-14-22(27-3)23(28-4)15-21(20)26-2;3-1(4)2(5)6/h6-9,14-15H,5,10-13,16-17H2,1-4H3;(H,3,4)(H,5,6). The molecular weight excluding hydrogens is 440 g/mol. The molecule has 0 spiro atoms. The first-order valence-corrected chi connectivity index (χ1v) is 11.1. The van der Waals surface area contributed by atoms with Gasteiger partial charge < -0.3 is 24.4 Å². The average Bonchev–Trinajstić information content (AvgIpc) is 2.85. The van der Waals surface area contributed by atoms with Gasteiger partial charge in [0.2, 0.25) is 0 Å². The first-order chi connectivity index (χ1) is 16.3. The third kappa shape index (κ3) is 7.93. The van der Waals surface area contributed by atoms with Crippen LogP contribution in [0, 0.1) is 0 Å². The molecule has 1 heterocycles. The summed E-state index contributed by atoms with van der Waals surface area (Å²) < 4.78 is 16.4. The van der Waals surface area contributed by atoms with E-state index in [4.69, 9.17) is 34.0 Å². The maximum Gasteiger partial charge on any atom is 0.414 e. The van der Waals surface area contributed by atoms with Crippen molar-refractivity contribution in [3.63, 3.8) is 0 Å². The predicted molar refractivity (Wildman–Crippen MR) is 128 cm³/mol. The van der Waals surface area contributed by atoms with Gasteiger partial charge in [0.15, 0.2) is 11.5 Å². The molecule has 186 valence electrons. The molecule has 0 bridgehead atoms. The van der Waals surface area contributed by atoms with Gasteiger partial charge in [0.25, 0.3) is 0 Å². The van der Waals surface area contributed by atoms with Crippen LogP contribution in [0.3, 0.4) is 0 Å². The fourth-order valence-electron chi connectivity index (χ4n) is 3.70. The zero-order valence-electron chi connectivity index (χ0n) is 20.2. The second-order valence-corrected chi connectivity index (χ2v) is 7.85. The van der Waals surface area contributed by atoms with Crippen LogP contribution in [0.4, 0.5) is 0 Å². The first kappa shape index (κ1) is 26.9. The van der Waals surface area contributed by atoms with Gasteiger partial charge in [-0.2, -0.15) is 0 Å². The molecule has 3 rings (SSSR count). The molecule has 1 aliphatic heterocycles. The van der Waals surface area contributed by atoms with E-state index in [9.17, 15) is 0 Å². The number of ether oxygens (including phenoxy) is 3. The lowest BCUT2D eigenvalue weighted by Crippen LogP contribution is -2.45. The van der Waals surface area contributed by atoms with Gasteiger partial charge in [-0.05, 0) is 23.6 Å². The van der Waals surface area contributed by atoms with Crippen LogP contribution in [-0.4, -0.2) is 79.5 Å². The highest BCUT2D eigenvalue weighted by atomic mass is 16.5. The summed E-state index contributed by atoms with van der Waals surface area (Å²) in [7, 11) is 5.01.